The second kappa shape index (κ2) is 7.88. The summed E-state index contributed by atoms with van der Waals surface area (Å²) in [4.78, 5) is 25.2. The number of thiophene rings is 1. The molecule has 3 N–H and O–H groups in total. The highest BCUT2D eigenvalue weighted by molar-refractivity contribution is 7.09. The fraction of sp³-hybridized carbons (Fsp3) is 0.500. The molecule has 7 heteroatoms. The lowest BCUT2D eigenvalue weighted by Gasteiger charge is -2.24. The second-order valence-electron chi connectivity index (χ2n) is 4.04. The van der Waals surface area contributed by atoms with Gasteiger partial charge in [0.1, 0.15) is 0 Å². The summed E-state index contributed by atoms with van der Waals surface area (Å²) < 4.78 is 4.95. The maximum absolute atomic E-state index is 12.1. The van der Waals surface area contributed by atoms with E-state index in [1.165, 1.54) is 16.2 Å². The van der Waals surface area contributed by atoms with Gasteiger partial charge in [0.15, 0.2) is 0 Å². The Labute approximate surface area is 115 Å². The molecule has 1 aromatic heterocycles. The van der Waals surface area contributed by atoms with Gasteiger partial charge in [0.2, 0.25) is 5.91 Å². The van der Waals surface area contributed by atoms with E-state index in [0.717, 1.165) is 4.88 Å². The predicted molar refractivity (Wildman–Crippen MR) is 71.8 cm³/mol. The van der Waals surface area contributed by atoms with Crippen LogP contribution in [-0.2, 0) is 20.9 Å². The third kappa shape index (κ3) is 5.37. The van der Waals surface area contributed by atoms with Gasteiger partial charge in [0.25, 0.3) is 0 Å². The first-order valence-corrected chi connectivity index (χ1v) is 6.70. The number of hydrogen-bond acceptors (Lipinski definition) is 5. The largest absolute Gasteiger partial charge is 0.481 e. The Kier molecular flexibility index (Phi) is 6.48. The monoisotopic (exact) mass is 286 g/mol. The molecule has 0 saturated carbocycles. The fourth-order valence-corrected chi connectivity index (χ4v) is 2.29. The van der Waals surface area contributed by atoms with Crippen LogP contribution < -0.4 is 5.73 Å². The quantitative estimate of drug-likeness (QED) is 0.727. The molecule has 0 radical (unpaired) electrons. The number of methoxy groups -OCH3 is 1. The van der Waals surface area contributed by atoms with E-state index in [4.69, 9.17) is 15.6 Å². The lowest BCUT2D eigenvalue weighted by molar-refractivity contribution is -0.142. The lowest BCUT2D eigenvalue weighted by Crippen LogP contribution is -2.45. The molecule has 0 bridgehead atoms. The van der Waals surface area contributed by atoms with Gasteiger partial charge < -0.3 is 20.5 Å². The van der Waals surface area contributed by atoms with Crippen LogP contribution in [0.3, 0.4) is 0 Å². The van der Waals surface area contributed by atoms with Gasteiger partial charge in [-0.05, 0) is 11.4 Å². The van der Waals surface area contributed by atoms with Crippen LogP contribution in [0.1, 0.15) is 11.3 Å². The van der Waals surface area contributed by atoms with Gasteiger partial charge >= 0.3 is 5.97 Å². The van der Waals surface area contributed by atoms with Crippen LogP contribution in [-0.4, -0.2) is 48.2 Å². The summed E-state index contributed by atoms with van der Waals surface area (Å²) in [5, 5.41) is 10.6. The second-order valence-corrected chi connectivity index (χ2v) is 5.07. The van der Waals surface area contributed by atoms with Gasteiger partial charge in [-0.1, -0.05) is 6.07 Å². The van der Waals surface area contributed by atoms with Crippen LogP contribution in [0, 0.1) is 0 Å². The molecule has 0 saturated heterocycles. The Hall–Kier alpha value is -1.44. The Bertz CT molecular complexity index is 408. The van der Waals surface area contributed by atoms with Gasteiger partial charge in [0, 0.05) is 18.5 Å². The third-order valence-electron chi connectivity index (χ3n) is 2.52. The summed E-state index contributed by atoms with van der Waals surface area (Å²) >= 11 is 1.54. The van der Waals surface area contributed by atoms with Gasteiger partial charge in [-0.2, -0.15) is 0 Å². The van der Waals surface area contributed by atoms with Crippen LogP contribution in [0.4, 0.5) is 0 Å². The highest BCUT2D eigenvalue weighted by atomic mass is 32.1. The number of hydrogen-bond donors (Lipinski definition) is 2. The SMILES string of the molecule is COCCN(Cc1cccs1)C(=O)C(N)CC(=O)O. The molecule has 1 heterocycles. The molecule has 0 aliphatic rings. The number of rotatable bonds is 8. The molecule has 0 spiro atoms. The molecule has 1 unspecified atom stereocenters. The number of carboxylic acids is 1. The van der Waals surface area contributed by atoms with Crippen molar-refractivity contribution in [2.45, 2.75) is 19.0 Å². The van der Waals surface area contributed by atoms with Crippen molar-refractivity contribution in [3.8, 4) is 0 Å². The van der Waals surface area contributed by atoms with Crippen molar-refractivity contribution >= 4 is 23.2 Å². The van der Waals surface area contributed by atoms with Crippen molar-refractivity contribution in [2.24, 2.45) is 5.73 Å². The van der Waals surface area contributed by atoms with Crippen molar-refractivity contribution < 1.29 is 19.4 Å². The molecule has 1 atom stereocenters. The van der Waals surface area contributed by atoms with E-state index >= 15 is 0 Å². The van der Waals surface area contributed by atoms with Gasteiger partial charge in [-0.15, -0.1) is 11.3 Å². The van der Waals surface area contributed by atoms with E-state index in [9.17, 15) is 9.59 Å². The molecule has 1 aromatic rings. The standard InChI is InChI=1S/C12H18N2O4S/c1-18-5-4-14(8-9-3-2-6-19-9)12(17)10(13)7-11(15)16/h2-3,6,10H,4-5,7-8,13H2,1H3,(H,15,16). The first-order chi connectivity index (χ1) is 9.04. The summed E-state index contributed by atoms with van der Waals surface area (Å²) in [7, 11) is 1.55. The van der Waals surface area contributed by atoms with Gasteiger partial charge in [-0.25, -0.2) is 0 Å². The summed E-state index contributed by atoms with van der Waals surface area (Å²) in [6.07, 6.45) is -0.368. The number of aliphatic carboxylic acids is 1. The Morgan fingerprint density at radius 3 is 2.84 bits per heavy atom. The molecule has 19 heavy (non-hydrogen) atoms. The average Bonchev–Trinajstić information content (AvgIpc) is 2.85. The first-order valence-electron chi connectivity index (χ1n) is 5.82. The molecule has 6 nitrogen and oxygen atoms in total. The maximum Gasteiger partial charge on any atom is 0.305 e. The van der Waals surface area contributed by atoms with Crippen molar-refractivity contribution in [1.82, 2.24) is 4.90 Å². The van der Waals surface area contributed by atoms with Crippen LogP contribution >= 0.6 is 11.3 Å². The molecular formula is C12H18N2O4S. The lowest BCUT2D eigenvalue weighted by atomic mass is 10.2. The number of carboxylic acid groups (broad SMARTS) is 1. The molecule has 0 aromatic carbocycles. The highest BCUT2D eigenvalue weighted by Gasteiger charge is 2.23. The minimum Gasteiger partial charge on any atom is -0.481 e. The van der Waals surface area contributed by atoms with E-state index in [2.05, 4.69) is 0 Å². The number of carbonyl (C=O) groups is 2. The third-order valence-corrected chi connectivity index (χ3v) is 3.38. The summed E-state index contributed by atoms with van der Waals surface area (Å²) in [5.74, 6) is -1.45. The molecule has 0 aliphatic heterocycles. The zero-order valence-corrected chi connectivity index (χ0v) is 11.6. The average molecular weight is 286 g/mol. The van der Waals surface area contributed by atoms with Crippen LogP contribution in [0.25, 0.3) is 0 Å². The van der Waals surface area contributed by atoms with E-state index in [1.807, 2.05) is 17.5 Å². The minimum atomic E-state index is -1.08. The molecular weight excluding hydrogens is 268 g/mol. The van der Waals surface area contributed by atoms with E-state index in [-0.39, 0.29) is 12.3 Å². The zero-order valence-electron chi connectivity index (χ0n) is 10.7. The molecule has 1 rings (SSSR count). The molecule has 0 fully saturated rings. The fourth-order valence-electron chi connectivity index (χ4n) is 1.57. The number of nitrogens with two attached hydrogens (primary N) is 1. The van der Waals surface area contributed by atoms with Crippen LogP contribution in [0.5, 0.6) is 0 Å². The molecule has 1 amide bonds. The van der Waals surface area contributed by atoms with Crippen molar-refractivity contribution in [1.29, 1.82) is 0 Å². The smallest absolute Gasteiger partial charge is 0.305 e. The highest BCUT2D eigenvalue weighted by Crippen LogP contribution is 2.12. The maximum atomic E-state index is 12.1. The predicted octanol–water partition coefficient (Wildman–Crippen LogP) is 0.525. The van der Waals surface area contributed by atoms with Gasteiger partial charge in [-0.3, -0.25) is 9.59 Å². The van der Waals surface area contributed by atoms with E-state index in [0.29, 0.717) is 19.7 Å². The van der Waals surface area contributed by atoms with Crippen molar-refractivity contribution in [3.63, 3.8) is 0 Å². The Balaban J connectivity index is 2.66. The van der Waals surface area contributed by atoms with E-state index in [1.54, 1.807) is 7.11 Å². The molecule has 106 valence electrons. The number of nitrogens with zero attached hydrogens (tertiary/aromatic N) is 1. The summed E-state index contributed by atoms with van der Waals surface area (Å²) in [5.41, 5.74) is 5.61. The van der Waals surface area contributed by atoms with Gasteiger partial charge in [0.05, 0.1) is 25.6 Å². The molecule has 0 aliphatic carbocycles. The van der Waals surface area contributed by atoms with E-state index < -0.39 is 12.0 Å². The first kappa shape index (κ1) is 15.6. The summed E-state index contributed by atoms with van der Waals surface area (Å²) in [6, 6.07) is 2.80. The summed E-state index contributed by atoms with van der Waals surface area (Å²) in [6.45, 7) is 1.20. The topological polar surface area (TPSA) is 92.9 Å². The number of carbonyl (C=O) groups excluding carboxylic acids is 1. The normalized spacial score (nSPS) is 12.1. The Morgan fingerprint density at radius 2 is 2.32 bits per heavy atom. The number of ether oxygens (including phenoxy) is 1. The minimum absolute atomic E-state index is 0.368. The number of amides is 1. The Morgan fingerprint density at radius 1 is 1.58 bits per heavy atom. The zero-order chi connectivity index (χ0) is 14.3. The van der Waals surface area contributed by atoms with Crippen LogP contribution in [0.2, 0.25) is 0 Å². The van der Waals surface area contributed by atoms with Crippen LogP contribution in [0.15, 0.2) is 17.5 Å². The van der Waals surface area contributed by atoms with Crippen molar-refractivity contribution in [3.05, 3.63) is 22.4 Å². The van der Waals surface area contributed by atoms with Crippen molar-refractivity contribution in [2.75, 3.05) is 20.3 Å².